The highest BCUT2D eigenvalue weighted by molar-refractivity contribution is 7.07. The lowest BCUT2D eigenvalue weighted by Crippen LogP contribution is -2.26. The zero-order valence-corrected chi connectivity index (χ0v) is 12.9. The van der Waals surface area contributed by atoms with Crippen LogP contribution in [-0.2, 0) is 0 Å². The second-order valence-corrected chi connectivity index (χ2v) is 6.16. The number of thiophene rings is 1. The van der Waals surface area contributed by atoms with Crippen LogP contribution < -0.4 is 5.32 Å². The summed E-state index contributed by atoms with van der Waals surface area (Å²) in [7, 11) is 0. The molecule has 0 aliphatic carbocycles. The van der Waals surface area contributed by atoms with Crippen LogP contribution >= 0.6 is 11.3 Å². The van der Waals surface area contributed by atoms with E-state index in [1.54, 1.807) is 11.3 Å². The minimum atomic E-state index is -0.279. The van der Waals surface area contributed by atoms with Gasteiger partial charge in [-0.15, -0.1) is 0 Å². The van der Waals surface area contributed by atoms with Gasteiger partial charge in [0.2, 0.25) is 0 Å². The fourth-order valence-electron chi connectivity index (χ4n) is 2.43. The fraction of sp³-hybridized carbons (Fsp3) is 0.412. The SMILES string of the molecule is CC(O)CC(CNC(C)c1ccsc1)c1ccccc1. The number of benzene rings is 1. The van der Waals surface area contributed by atoms with Crippen LogP contribution in [0.25, 0.3) is 0 Å². The van der Waals surface area contributed by atoms with Crippen LogP contribution in [0.4, 0.5) is 0 Å². The molecular formula is C17H23NOS. The Labute approximate surface area is 125 Å². The lowest BCUT2D eigenvalue weighted by molar-refractivity contribution is 0.173. The van der Waals surface area contributed by atoms with Crippen molar-refractivity contribution in [3.8, 4) is 0 Å². The number of aliphatic hydroxyl groups excluding tert-OH is 1. The van der Waals surface area contributed by atoms with E-state index in [2.05, 4.69) is 53.3 Å². The van der Waals surface area contributed by atoms with Gasteiger partial charge < -0.3 is 10.4 Å². The third-order valence-corrected chi connectivity index (χ3v) is 4.31. The van der Waals surface area contributed by atoms with Gasteiger partial charge in [-0.25, -0.2) is 0 Å². The summed E-state index contributed by atoms with van der Waals surface area (Å²) in [5.41, 5.74) is 2.62. The summed E-state index contributed by atoms with van der Waals surface area (Å²) in [6.45, 7) is 4.93. The normalized spacial score (nSPS) is 15.8. The van der Waals surface area contributed by atoms with Crippen LogP contribution in [0.3, 0.4) is 0 Å². The molecule has 0 radical (unpaired) electrons. The molecule has 3 atom stereocenters. The molecule has 2 aromatic rings. The van der Waals surface area contributed by atoms with Crippen molar-refractivity contribution in [2.24, 2.45) is 0 Å². The molecule has 1 aromatic carbocycles. The zero-order chi connectivity index (χ0) is 14.4. The lowest BCUT2D eigenvalue weighted by atomic mass is 9.93. The van der Waals surface area contributed by atoms with Gasteiger partial charge in [0, 0.05) is 12.6 Å². The summed E-state index contributed by atoms with van der Waals surface area (Å²) in [5, 5.41) is 17.6. The van der Waals surface area contributed by atoms with Gasteiger partial charge in [-0.05, 0) is 54.1 Å². The van der Waals surface area contributed by atoms with Gasteiger partial charge in [-0.3, -0.25) is 0 Å². The van der Waals surface area contributed by atoms with Crippen molar-refractivity contribution in [3.05, 3.63) is 58.3 Å². The number of aliphatic hydroxyl groups is 1. The minimum absolute atomic E-state index is 0.279. The van der Waals surface area contributed by atoms with Gasteiger partial charge in [0.25, 0.3) is 0 Å². The third kappa shape index (κ3) is 4.44. The van der Waals surface area contributed by atoms with Gasteiger partial charge in [-0.2, -0.15) is 11.3 Å². The standard InChI is InChI=1S/C17H23NOS/c1-13(19)10-17(15-6-4-3-5-7-15)11-18-14(2)16-8-9-20-12-16/h3-9,12-14,17-19H,10-11H2,1-2H3. The predicted molar refractivity (Wildman–Crippen MR) is 86.2 cm³/mol. The molecule has 0 saturated carbocycles. The quantitative estimate of drug-likeness (QED) is 0.809. The monoisotopic (exact) mass is 289 g/mol. The van der Waals surface area contributed by atoms with Crippen LogP contribution in [0.5, 0.6) is 0 Å². The molecule has 0 bridgehead atoms. The first-order chi connectivity index (χ1) is 9.66. The summed E-state index contributed by atoms with van der Waals surface area (Å²) >= 11 is 1.73. The highest BCUT2D eigenvalue weighted by Crippen LogP contribution is 2.22. The Morgan fingerprint density at radius 1 is 1.10 bits per heavy atom. The predicted octanol–water partition coefficient (Wildman–Crippen LogP) is 3.95. The maximum absolute atomic E-state index is 9.71. The van der Waals surface area contributed by atoms with Crippen LogP contribution in [0.15, 0.2) is 47.2 Å². The van der Waals surface area contributed by atoms with Crippen molar-refractivity contribution in [2.45, 2.75) is 38.3 Å². The average molecular weight is 289 g/mol. The molecule has 0 fully saturated rings. The summed E-state index contributed by atoms with van der Waals surface area (Å²) in [6.07, 6.45) is 0.506. The second-order valence-electron chi connectivity index (χ2n) is 5.38. The molecule has 2 nitrogen and oxygen atoms in total. The van der Waals surface area contributed by atoms with Crippen molar-refractivity contribution in [2.75, 3.05) is 6.54 Å². The smallest absolute Gasteiger partial charge is 0.0518 e. The van der Waals surface area contributed by atoms with Crippen LogP contribution in [0, 0.1) is 0 Å². The van der Waals surface area contributed by atoms with Gasteiger partial charge in [0.1, 0.15) is 0 Å². The molecule has 2 N–H and O–H groups in total. The molecule has 0 amide bonds. The summed E-state index contributed by atoms with van der Waals surface area (Å²) < 4.78 is 0. The maximum atomic E-state index is 9.71. The topological polar surface area (TPSA) is 32.3 Å². The maximum Gasteiger partial charge on any atom is 0.0518 e. The molecule has 3 unspecified atom stereocenters. The molecule has 0 spiro atoms. The van der Waals surface area contributed by atoms with Gasteiger partial charge in [-0.1, -0.05) is 30.3 Å². The second kappa shape index (κ2) is 7.58. The molecular weight excluding hydrogens is 266 g/mol. The molecule has 3 heteroatoms. The highest BCUT2D eigenvalue weighted by atomic mass is 32.1. The van der Waals surface area contributed by atoms with Crippen molar-refractivity contribution in [3.63, 3.8) is 0 Å². The van der Waals surface area contributed by atoms with Crippen molar-refractivity contribution >= 4 is 11.3 Å². The van der Waals surface area contributed by atoms with E-state index >= 15 is 0 Å². The third-order valence-electron chi connectivity index (χ3n) is 3.61. The molecule has 1 heterocycles. The van der Waals surface area contributed by atoms with Gasteiger partial charge in [0.05, 0.1) is 6.10 Å². The minimum Gasteiger partial charge on any atom is -0.393 e. The summed E-state index contributed by atoms with van der Waals surface area (Å²) in [4.78, 5) is 0. The van der Waals surface area contributed by atoms with E-state index in [0.29, 0.717) is 12.0 Å². The van der Waals surface area contributed by atoms with Crippen LogP contribution in [-0.4, -0.2) is 17.8 Å². The first kappa shape index (κ1) is 15.2. The Hall–Kier alpha value is -1.16. The molecule has 20 heavy (non-hydrogen) atoms. The van der Waals surface area contributed by atoms with E-state index < -0.39 is 0 Å². The number of rotatable bonds is 7. The van der Waals surface area contributed by atoms with Crippen molar-refractivity contribution < 1.29 is 5.11 Å². The zero-order valence-electron chi connectivity index (χ0n) is 12.1. The molecule has 0 aliphatic rings. The summed E-state index contributed by atoms with van der Waals surface area (Å²) in [6, 6.07) is 13.0. The first-order valence-corrected chi connectivity index (χ1v) is 8.09. The molecule has 2 rings (SSSR count). The largest absolute Gasteiger partial charge is 0.393 e. The van der Waals surface area contributed by atoms with E-state index in [-0.39, 0.29) is 6.10 Å². The van der Waals surface area contributed by atoms with E-state index in [4.69, 9.17) is 0 Å². The van der Waals surface area contributed by atoms with E-state index in [0.717, 1.165) is 13.0 Å². The Morgan fingerprint density at radius 2 is 1.85 bits per heavy atom. The molecule has 0 aliphatic heterocycles. The Morgan fingerprint density at radius 3 is 2.45 bits per heavy atom. The fourth-order valence-corrected chi connectivity index (χ4v) is 3.19. The van der Waals surface area contributed by atoms with Crippen LogP contribution in [0.2, 0.25) is 0 Å². The average Bonchev–Trinajstić information content (AvgIpc) is 2.98. The molecule has 108 valence electrons. The Balaban J connectivity index is 1.98. The van der Waals surface area contributed by atoms with E-state index in [1.165, 1.54) is 11.1 Å². The van der Waals surface area contributed by atoms with Crippen LogP contribution in [0.1, 0.15) is 43.4 Å². The molecule has 0 saturated heterocycles. The Bertz CT molecular complexity index is 481. The number of hydrogen-bond donors (Lipinski definition) is 2. The van der Waals surface area contributed by atoms with E-state index in [9.17, 15) is 5.11 Å². The Kier molecular flexibility index (Phi) is 5.77. The van der Waals surface area contributed by atoms with Gasteiger partial charge >= 0.3 is 0 Å². The lowest BCUT2D eigenvalue weighted by Gasteiger charge is -2.22. The number of hydrogen-bond acceptors (Lipinski definition) is 3. The summed E-state index contributed by atoms with van der Waals surface area (Å²) in [5.74, 6) is 0.345. The van der Waals surface area contributed by atoms with Crippen molar-refractivity contribution in [1.82, 2.24) is 5.32 Å². The first-order valence-electron chi connectivity index (χ1n) is 7.15. The highest BCUT2D eigenvalue weighted by Gasteiger charge is 2.15. The van der Waals surface area contributed by atoms with Crippen molar-refractivity contribution in [1.29, 1.82) is 0 Å². The van der Waals surface area contributed by atoms with Gasteiger partial charge in [0.15, 0.2) is 0 Å². The molecule has 1 aromatic heterocycles. The van der Waals surface area contributed by atoms with E-state index in [1.807, 2.05) is 13.0 Å². The number of nitrogens with one attached hydrogen (secondary N) is 1.